The van der Waals surface area contributed by atoms with E-state index in [2.05, 4.69) is 4.74 Å². The molecule has 3 aromatic carbocycles. The molecule has 0 spiro atoms. The SMILES string of the molecule is Cc1cc([S+](c2ccccc2)c2ccccc2)cc(C)c1OCC(=O)OCC(F)(F)C(F)(F)C(F)(F)F. The highest BCUT2D eigenvalue weighted by atomic mass is 32.2. The van der Waals surface area contributed by atoms with Gasteiger partial charge in [0, 0.05) is 12.1 Å². The van der Waals surface area contributed by atoms with Gasteiger partial charge in [-0.25, -0.2) is 4.79 Å². The molecular weight excluding hydrogens is 525 g/mol. The average molecular weight is 548 g/mol. The van der Waals surface area contributed by atoms with Crippen LogP contribution in [0.15, 0.2) is 87.5 Å². The van der Waals surface area contributed by atoms with Gasteiger partial charge >= 0.3 is 24.0 Å². The number of carbonyl (C=O) groups is 1. The standard InChI is InChI=1S/C26H22F7O3S/c1-17-13-21(37(19-9-5-3-6-10-19)20-11-7-4-8-12-20)14-18(2)23(17)35-15-22(34)36-16-24(27,28)25(29,30)26(31,32)33/h3-14H,15-16H2,1-2H3/q+1. The summed E-state index contributed by atoms with van der Waals surface area (Å²) in [4.78, 5) is 14.9. The lowest BCUT2D eigenvalue weighted by Gasteiger charge is -2.27. The van der Waals surface area contributed by atoms with Gasteiger partial charge in [-0.05, 0) is 49.2 Å². The maximum absolute atomic E-state index is 13.4. The Morgan fingerprint density at radius 3 is 1.65 bits per heavy atom. The number of hydrogen-bond donors (Lipinski definition) is 0. The molecule has 0 bridgehead atoms. The Morgan fingerprint density at radius 1 is 0.757 bits per heavy atom. The van der Waals surface area contributed by atoms with E-state index in [0.717, 1.165) is 14.7 Å². The molecule has 0 amide bonds. The van der Waals surface area contributed by atoms with Crippen LogP contribution in [0, 0.1) is 13.8 Å². The molecule has 0 fully saturated rings. The lowest BCUT2D eigenvalue weighted by molar-refractivity contribution is -0.359. The van der Waals surface area contributed by atoms with Crippen molar-refractivity contribution < 1.29 is 45.0 Å². The second kappa shape index (κ2) is 11.0. The van der Waals surface area contributed by atoms with Crippen molar-refractivity contribution in [3.63, 3.8) is 0 Å². The number of alkyl halides is 7. The monoisotopic (exact) mass is 547 g/mol. The fourth-order valence-corrected chi connectivity index (χ4v) is 5.68. The molecule has 11 heteroatoms. The minimum absolute atomic E-state index is 0.234. The largest absolute Gasteiger partial charge is 0.481 e. The molecular formula is C26H22F7O3S+. The molecule has 0 aliphatic carbocycles. The highest BCUT2D eigenvalue weighted by Crippen LogP contribution is 2.46. The van der Waals surface area contributed by atoms with Crippen molar-refractivity contribution in [1.29, 1.82) is 0 Å². The normalized spacial score (nSPS) is 12.5. The van der Waals surface area contributed by atoms with E-state index >= 15 is 0 Å². The van der Waals surface area contributed by atoms with Crippen molar-refractivity contribution in [2.24, 2.45) is 0 Å². The van der Waals surface area contributed by atoms with Gasteiger partial charge < -0.3 is 9.47 Å². The van der Waals surface area contributed by atoms with Gasteiger partial charge in [0.05, 0.1) is 10.9 Å². The summed E-state index contributed by atoms with van der Waals surface area (Å²) in [7, 11) is -0.479. The first-order valence-corrected chi connectivity index (χ1v) is 12.0. The van der Waals surface area contributed by atoms with E-state index in [1.165, 1.54) is 0 Å². The summed E-state index contributed by atoms with van der Waals surface area (Å²) >= 11 is 0. The molecule has 0 aromatic heterocycles. The number of carbonyl (C=O) groups excluding carboxylic acids is 1. The Hall–Kier alpha value is -3.21. The molecule has 3 nitrogen and oxygen atoms in total. The topological polar surface area (TPSA) is 35.5 Å². The van der Waals surface area contributed by atoms with E-state index in [9.17, 15) is 35.5 Å². The van der Waals surface area contributed by atoms with Gasteiger partial charge in [0.2, 0.25) is 0 Å². The molecule has 0 aliphatic heterocycles. The van der Waals surface area contributed by atoms with Crippen molar-refractivity contribution in [2.45, 2.75) is 46.6 Å². The van der Waals surface area contributed by atoms with Crippen LogP contribution in [-0.4, -0.2) is 37.2 Å². The molecule has 0 saturated heterocycles. The van der Waals surface area contributed by atoms with Crippen LogP contribution in [0.3, 0.4) is 0 Å². The summed E-state index contributed by atoms with van der Waals surface area (Å²) in [6.07, 6.45) is -6.51. The Bertz CT molecular complexity index is 1150. The second-order valence-corrected chi connectivity index (χ2v) is 10.1. The number of hydrogen-bond acceptors (Lipinski definition) is 3. The highest BCUT2D eigenvalue weighted by molar-refractivity contribution is 7.97. The van der Waals surface area contributed by atoms with Crippen LogP contribution in [-0.2, 0) is 20.4 Å². The first-order chi connectivity index (χ1) is 17.2. The second-order valence-electron chi connectivity index (χ2n) is 8.04. The van der Waals surface area contributed by atoms with Crippen molar-refractivity contribution in [3.8, 4) is 5.75 Å². The van der Waals surface area contributed by atoms with Crippen LogP contribution < -0.4 is 4.74 Å². The Labute approximate surface area is 211 Å². The number of aryl methyl sites for hydroxylation is 2. The molecule has 37 heavy (non-hydrogen) atoms. The molecule has 0 radical (unpaired) electrons. The van der Waals surface area contributed by atoms with Crippen molar-refractivity contribution in [2.75, 3.05) is 13.2 Å². The predicted molar refractivity (Wildman–Crippen MR) is 123 cm³/mol. The third-order valence-electron chi connectivity index (χ3n) is 5.19. The van der Waals surface area contributed by atoms with Gasteiger partial charge in [-0.2, -0.15) is 30.7 Å². The van der Waals surface area contributed by atoms with Gasteiger partial charge in [-0.15, -0.1) is 0 Å². The number of esters is 1. The van der Waals surface area contributed by atoms with Crippen molar-refractivity contribution in [3.05, 3.63) is 83.9 Å². The molecule has 3 aromatic rings. The zero-order chi connectivity index (χ0) is 27.4. The molecule has 198 valence electrons. The minimum atomic E-state index is -6.51. The van der Waals surface area contributed by atoms with Crippen LogP contribution >= 0.6 is 0 Å². The predicted octanol–water partition coefficient (Wildman–Crippen LogP) is 7.15. The smallest absolute Gasteiger partial charge is 0.460 e. The van der Waals surface area contributed by atoms with Gasteiger partial charge in [0.25, 0.3) is 0 Å². The maximum atomic E-state index is 13.4. The molecule has 0 atom stereocenters. The zero-order valence-corrected chi connectivity index (χ0v) is 20.4. The Balaban J connectivity index is 1.75. The van der Waals surface area contributed by atoms with Crippen molar-refractivity contribution >= 4 is 16.9 Å². The summed E-state index contributed by atoms with van der Waals surface area (Å²) in [5.74, 6) is -13.3. The van der Waals surface area contributed by atoms with E-state index in [-0.39, 0.29) is 5.75 Å². The van der Waals surface area contributed by atoms with E-state index in [1.54, 1.807) is 13.8 Å². The minimum Gasteiger partial charge on any atom is -0.481 e. The van der Waals surface area contributed by atoms with Crippen LogP contribution in [0.5, 0.6) is 5.75 Å². The first-order valence-electron chi connectivity index (χ1n) is 10.8. The summed E-state index contributed by atoms with van der Waals surface area (Å²) in [6, 6.07) is 23.2. The third-order valence-corrected chi connectivity index (χ3v) is 7.39. The van der Waals surface area contributed by atoms with E-state index in [0.29, 0.717) is 11.1 Å². The fraction of sp³-hybridized carbons (Fsp3) is 0.269. The van der Waals surface area contributed by atoms with E-state index in [4.69, 9.17) is 4.74 Å². The lowest BCUT2D eigenvalue weighted by atomic mass is 10.1. The van der Waals surface area contributed by atoms with Crippen LogP contribution in [0.25, 0.3) is 0 Å². The zero-order valence-electron chi connectivity index (χ0n) is 19.6. The van der Waals surface area contributed by atoms with Crippen LogP contribution in [0.1, 0.15) is 11.1 Å². The Kier molecular flexibility index (Phi) is 8.46. The molecule has 0 N–H and O–H groups in total. The summed E-state index contributed by atoms with van der Waals surface area (Å²) in [5, 5.41) is 0. The molecule has 0 unspecified atom stereocenters. The lowest BCUT2D eigenvalue weighted by Crippen LogP contribution is -2.54. The maximum Gasteiger partial charge on any atom is 0.460 e. The fourth-order valence-electron chi connectivity index (χ4n) is 3.42. The van der Waals surface area contributed by atoms with Crippen molar-refractivity contribution in [1.82, 2.24) is 0 Å². The number of halogens is 7. The summed E-state index contributed by atoms with van der Waals surface area (Å²) < 4.78 is 98.7. The summed E-state index contributed by atoms with van der Waals surface area (Å²) in [6.45, 7) is -0.00715. The van der Waals surface area contributed by atoms with E-state index < -0.39 is 48.1 Å². The Morgan fingerprint density at radius 2 is 1.22 bits per heavy atom. The van der Waals surface area contributed by atoms with Gasteiger partial charge in [0.1, 0.15) is 5.75 Å². The quantitative estimate of drug-likeness (QED) is 0.162. The average Bonchev–Trinajstić information content (AvgIpc) is 2.83. The highest BCUT2D eigenvalue weighted by Gasteiger charge is 2.73. The molecule has 0 saturated carbocycles. The third kappa shape index (κ3) is 6.38. The summed E-state index contributed by atoms with van der Waals surface area (Å²) in [5.41, 5.74) is 1.20. The van der Waals surface area contributed by atoms with Gasteiger partial charge in [-0.3, -0.25) is 0 Å². The molecule has 0 heterocycles. The molecule has 3 rings (SSSR count). The van der Waals surface area contributed by atoms with E-state index in [1.807, 2.05) is 72.8 Å². The van der Waals surface area contributed by atoms with Crippen LogP contribution in [0.2, 0.25) is 0 Å². The number of rotatable bonds is 9. The number of ether oxygens (including phenoxy) is 2. The molecule has 0 aliphatic rings. The van der Waals surface area contributed by atoms with Gasteiger partial charge in [-0.1, -0.05) is 36.4 Å². The first kappa shape index (κ1) is 28.4. The van der Waals surface area contributed by atoms with Crippen LogP contribution in [0.4, 0.5) is 30.7 Å². The van der Waals surface area contributed by atoms with Gasteiger partial charge in [0.15, 0.2) is 27.9 Å². The number of benzene rings is 3.